The smallest absolute Gasteiger partial charge is 0.259 e. The number of hydrogen-bond donors (Lipinski definition) is 0. The minimum atomic E-state index is -0.150. The number of benzene rings is 1. The molecule has 4 aromatic rings. The molecule has 0 saturated carbocycles. The van der Waals surface area contributed by atoms with E-state index in [4.69, 9.17) is 23.9 Å². The SMILES string of the molecule is COc1ccc(N(Cc2cccnc2)c2ccc(-c3nnn(C4CCCCO4)n3)cc2)nc1O[C@@H]1CCOC1. The Morgan fingerprint density at radius 2 is 1.97 bits per heavy atom. The summed E-state index contributed by atoms with van der Waals surface area (Å²) in [5.74, 6) is 2.31. The molecule has 202 valence electrons. The number of hydrogen-bond acceptors (Lipinski definition) is 10. The lowest BCUT2D eigenvalue weighted by Gasteiger charge is -2.25. The lowest BCUT2D eigenvalue weighted by Crippen LogP contribution is -2.20. The van der Waals surface area contributed by atoms with Crippen LogP contribution in [0.15, 0.2) is 60.9 Å². The summed E-state index contributed by atoms with van der Waals surface area (Å²) in [5, 5.41) is 13.1. The normalized spacial score (nSPS) is 19.1. The Kier molecular flexibility index (Phi) is 7.59. The third-order valence-corrected chi connectivity index (χ3v) is 6.82. The molecule has 2 atom stereocenters. The largest absolute Gasteiger partial charge is 0.491 e. The van der Waals surface area contributed by atoms with E-state index < -0.39 is 0 Å². The van der Waals surface area contributed by atoms with Gasteiger partial charge in [0.1, 0.15) is 11.9 Å². The van der Waals surface area contributed by atoms with E-state index in [2.05, 4.69) is 25.3 Å². The predicted molar refractivity (Wildman–Crippen MR) is 143 cm³/mol. The number of nitrogens with zero attached hydrogens (tertiary/aromatic N) is 7. The molecule has 2 fully saturated rings. The molecule has 2 aliphatic rings. The first kappa shape index (κ1) is 25.2. The van der Waals surface area contributed by atoms with Gasteiger partial charge in [-0.1, -0.05) is 6.07 Å². The molecule has 0 aliphatic carbocycles. The van der Waals surface area contributed by atoms with E-state index in [0.717, 1.165) is 54.9 Å². The van der Waals surface area contributed by atoms with Gasteiger partial charge in [-0.25, -0.2) is 0 Å². The van der Waals surface area contributed by atoms with Gasteiger partial charge in [0.2, 0.25) is 5.82 Å². The summed E-state index contributed by atoms with van der Waals surface area (Å²) in [4.78, 5) is 12.8. The first-order chi connectivity index (χ1) is 19.3. The lowest BCUT2D eigenvalue weighted by molar-refractivity contribution is -0.0488. The average molecular weight is 530 g/mol. The number of ether oxygens (including phenoxy) is 4. The minimum absolute atomic E-state index is 0.0485. The van der Waals surface area contributed by atoms with Crippen molar-refractivity contribution in [3.63, 3.8) is 0 Å². The maximum absolute atomic E-state index is 6.17. The fraction of sp³-hybridized carbons (Fsp3) is 0.393. The van der Waals surface area contributed by atoms with Crippen LogP contribution in [0.4, 0.5) is 11.5 Å². The van der Waals surface area contributed by atoms with Crippen LogP contribution >= 0.6 is 0 Å². The Morgan fingerprint density at radius 3 is 2.72 bits per heavy atom. The maximum Gasteiger partial charge on any atom is 0.259 e. The van der Waals surface area contributed by atoms with E-state index in [1.165, 1.54) is 0 Å². The zero-order chi connectivity index (χ0) is 26.4. The molecule has 0 radical (unpaired) electrons. The van der Waals surface area contributed by atoms with E-state index in [-0.39, 0.29) is 12.3 Å². The fourth-order valence-electron chi connectivity index (χ4n) is 4.71. The maximum atomic E-state index is 6.17. The number of aromatic nitrogens is 6. The monoisotopic (exact) mass is 529 g/mol. The zero-order valence-corrected chi connectivity index (χ0v) is 21.8. The summed E-state index contributed by atoms with van der Waals surface area (Å²) in [5.41, 5.74) is 2.86. The van der Waals surface area contributed by atoms with E-state index in [1.54, 1.807) is 18.1 Å². The molecule has 1 unspecified atom stereocenters. The highest BCUT2D eigenvalue weighted by atomic mass is 16.6. The molecule has 0 N–H and O–H groups in total. The van der Waals surface area contributed by atoms with Crippen LogP contribution in [0.25, 0.3) is 11.4 Å². The first-order valence-corrected chi connectivity index (χ1v) is 13.2. The molecule has 5 heterocycles. The van der Waals surface area contributed by atoms with E-state index in [1.807, 2.05) is 54.7 Å². The Hall–Kier alpha value is -4.09. The molecular weight excluding hydrogens is 498 g/mol. The second-order valence-corrected chi connectivity index (χ2v) is 9.53. The molecule has 2 aliphatic heterocycles. The summed E-state index contributed by atoms with van der Waals surface area (Å²) < 4.78 is 23.0. The van der Waals surface area contributed by atoms with Gasteiger partial charge in [0.25, 0.3) is 5.88 Å². The van der Waals surface area contributed by atoms with Crippen molar-refractivity contribution in [1.29, 1.82) is 0 Å². The van der Waals surface area contributed by atoms with Crippen LogP contribution in [-0.2, 0) is 16.0 Å². The summed E-state index contributed by atoms with van der Waals surface area (Å²) in [6.45, 7) is 2.51. The van der Waals surface area contributed by atoms with Gasteiger partial charge in [0, 0.05) is 36.7 Å². The van der Waals surface area contributed by atoms with Gasteiger partial charge in [-0.15, -0.1) is 15.0 Å². The fourth-order valence-corrected chi connectivity index (χ4v) is 4.71. The van der Waals surface area contributed by atoms with E-state index in [9.17, 15) is 0 Å². The molecule has 39 heavy (non-hydrogen) atoms. The Balaban J connectivity index is 1.29. The molecule has 0 spiro atoms. The van der Waals surface area contributed by atoms with E-state index >= 15 is 0 Å². The Bertz CT molecular complexity index is 1350. The lowest BCUT2D eigenvalue weighted by atomic mass is 10.1. The zero-order valence-electron chi connectivity index (χ0n) is 21.8. The number of methoxy groups -OCH3 is 1. The number of rotatable bonds is 9. The van der Waals surface area contributed by atoms with Gasteiger partial charge in [-0.3, -0.25) is 4.98 Å². The molecule has 3 aromatic heterocycles. The average Bonchev–Trinajstić information content (AvgIpc) is 3.70. The molecular formula is C28H31N7O4. The second-order valence-electron chi connectivity index (χ2n) is 9.53. The van der Waals surface area contributed by atoms with Gasteiger partial charge >= 0.3 is 0 Å². The topological polar surface area (TPSA) is 110 Å². The minimum Gasteiger partial charge on any atom is -0.491 e. The van der Waals surface area contributed by atoms with Gasteiger partial charge in [0.15, 0.2) is 12.0 Å². The van der Waals surface area contributed by atoms with Gasteiger partial charge in [-0.05, 0) is 72.5 Å². The number of pyridine rings is 2. The van der Waals surface area contributed by atoms with Crippen LogP contribution in [0.3, 0.4) is 0 Å². The molecule has 11 nitrogen and oxygen atoms in total. The van der Waals surface area contributed by atoms with Crippen molar-refractivity contribution in [1.82, 2.24) is 30.2 Å². The molecule has 6 rings (SSSR count). The van der Waals surface area contributed by atoms with Crippen LogP contribution in [-0.4, -0.2) is 63.2 Å². The Morgan fingerprint density at radius 1 is 1.05 bits per heavy atom. The first-order valence-electron chi connectivity index (χ1n) is 13.2. The van der Waals surface area contributed by atoms with Crippen LogP contribution in [0.1, 0.15) is 37.5 Å². The van der Waals surface area contributed by atoms with Crippen molar-refractivity contribution < 1.29 is 18.9 Å². The highest BCUT2D eigenvalue weighted by molar-refractivity contribution is 5.66. The van der Waals surface area contributed by atoms with Crippen molar-refractivity contribution >= 4 is 11.5 Å². The molecule has 0 amide bonds. The summed E-state index contributed by atoms with van der Waals surface area (Å²) in [6.07, 6.45) is 7.31. The van der Waals surface area contributed by atoms with Crippen LogP contribution < -0.4 is 14.4 Å². The molecule has 11 heteroatoms. The molecule has 0 bridgehead atoms. The van der Waals surface area contributed by atoms with Crippen LogP contribution in [0.5, 0.6) is 11.6 Å². The summed E-state index contributed by atoms with van der Waals surface area (Å²) in [7, 11) is 1.62. The van der Waals surface area contributed by atoms with Gasteiger partial charge in [0.05, 0.1) is 26.9 Å². The molecule has 1 aromatic carbocycles. The summed E-state index contributed by atoms with van der Waals surface area (Å²) in [6, 6.07) is 15.8. The van der Waals surface area contributed by atoms with Crippen LogP contribution in [0, 0.1) is 0 Å². The van der Waals surface area contributed by atoms with E-state index in [0.29, 0.717) is 37.2 Å². The third kappa shape index (κ3) is 5.84. The standard InChI is InChI=1S/C28H31N7O4/c1-36-24-11-12-25(30-28(24)39-23-13-16-37-19-23)34(18-20-5-4-14-29-17-20)22-9-7-21(8-10-22)27-31-33-35(32-27)26-6-2-3-15-38-26/h4-5,7-12,14,17,23,26H,2-3,6,13,15-16,18-19H2,1H3/t23-,26?/m1/s1. The number of anilines is 2. The highest BCUT2D eigenvalue weighted by Gasteiger charge is 2.23. The highest BCUT2D eigenvalue weighted by Crippen LogP contribution is 2.34. The van der Waals surface area contributed by atoms with Crippen molar-refractivity contribution in [3.05, 3.63) is 66.5 Å². The van der Waals surface area contributed by atoms with Crippen molar-refractivity contribution in [2.75, 3.05) is 31.8 Å². The quantitative estimate of drug-likeness (QED) is 0.310. The van der Waals surface area contributed by atoms with Crippen molar-refractivity contribution in [3.8, 4) is 23.0 Å². The molecule has 2 saturated heterocycles. The predicted octanol–water partition coefficient (Wildman–Crippen LogP) is 4.34. The van der Waals surface area contributed by atoms with Crippen molar-refractivity contribution in [2.45, 2.75) is 44.6 Å². The Labute approximate surface area is 226 Å². The second kappa shape index (κ2) is 11.7. The summed E-state index contributed by atoms with van der Waals surface area (Å²) >= 11 is 0. The van der Waals surface area contributed by atoms with Gasteiger partial charge in [-0.2, -0.15) is 4.98 Å². The van der Waals surface area contributed by atoms with Crippen LogP contribution in [0.2, 0.25) is 0 Å². The third-order valence-electron chi connectivity index (χ3n) is 6.82. The van der Waals surface area contributed by atoms with Crippen molar-refractivity contribution in [2.24, 2.45) is 0 Å². The van der Waals surface area contributed by atoms with Gasteiger partial charge < -0.3 is 23.8 Å². The number of tetrazole rings is 1.